The third-order valence-electron chi connectivity index (χ3n) is 5.08. The Morgan fingerprint density at radius 2 is 1.06 bits per heavy atom. The number of carbonyl (C=O) groups excluding carboxylic acids is 4. The third kappa shape index (κ3) is 9.35. The molecule has 4 amide bonds. The van der Waals surface area contributed by atoms with E-state index in [4.69, 9.17) is 5.11 Å². The highest BCUT2D eigenvalue weighted by Crippen LogP contribution is 2.11. The second-order valence-electron chi connectivity index (χ2n) is 8.59. The predicted molar refractivity (Wildman–Crippen MR) is 116 cm³/mol. The van der Waals surface area contributed by atoms with Gasteiger partial charge in [0, 0.05) is 6.92 Å². The summed E-state index contributed by atoms with van der Waals surface area (Å²) >= 11 is 0. The summed E-state index contributed by atoms with van der Waals surface area (Å²) in [6.07, 6.45) is 0.566. The lowest BCUT2D eigenvalue weighted by molar-refractivity contribution is -0.142. The van der Waals surface area contributed by atoms with Crippen molar-refractivity contribution in [3.8, 4) is 0 Å². The standard InChI is InChI=1S/C21H38N4O6/c1-9-12(6)17(20(29)22-13(7)21(30)31)25-19(28)16(11(4)5)24-18(27)15(10(2)3)23-14(8)26/h10-13,15-17H,9H2,1-8H3,(H,22,29)(H,23,26)(H,24,27)(H,25,28)(H,30,31)/t12-,13-,15-,16-,17-/m0/s1. The van der Waals surface area contributed by atoms with Gasteiger partial charge in [-0.15, -0.1) is 0 Å². The molecule has 0 aliphatic heterocycles. The van der Waals surface area contributed by atoms with Gasteiger partial charge in [0.25, 0.3) is 0 Å². The number of hydrogen-bond acceptors (Lipinski definition) is 5. The van der Waals surface area contributed by atoms with Crippen molar-refractivity contribution in [2.75, 3.05) is 0 Å². The Labute approximate surface area is 184 Å². The number of carboxylic acid groups (broad SMARTS) is 1. The zero-order valence-electron chi connectivity index (χ0n) is 19.7. The fourth-order valence-corrected chi connectivity index (χ4v) is 2.84. The Bertz CT molecular complexity index is 664. The van der Waals surface area contributed by atoms with Gasteiger partial charge in [-0.1, -0.05) is 48.0 Å². The molecule has 0 aliphatic carbocycles. The Morgan fingerprint density at radius 3 is 1.42 bits per heavy atom. The van der Waals surface area contributed by atoms with Gasteiger partial charge in [-0.2, -0.15) is 0 Å². The van der Waals surface area contributed by atoms with Gasteiger partial charge in [-0.3, -0.25) is 24.0 Å². The first kappa shape index (κ1) is 28.4. The first-order chi connectivity index (χ1) is 14.2. The Balaban J connectivity index is 5.53. The van der Waals surface area contributed by atoms with E-state index in [-0.39, 0.29) is 23.7 Å². The summed E-state index contributed by atoms with van der Waals surface area (Å²) in [5.41, 5.74) is 0. The van der Waals surface area contributed by atoms with Crippen LogP contribution in [0.25, 0.3) is 0 Å². The molecule has 0 aliphatic rings. The topological polar surface area (TPSA) is 154 Å². The maximum absolute atomic E-state index is 13.0. The number of nitrogens with one attached hydrogen (secondary N) is 4. The minimum atomic E-state index is -1.19. The summed E-state index contributed by atoms with van der Waals surface area (Å²) in [5, 5.41) is 19.3. The zero-order chi connectivity index (χ0) is 24.5. The maximum Gasteiger partial charge on any atom is 0.325 e. The van der Waals surface area contributed by atoms with Crippen LogP contribution in [-0.2, 0) is 24.0 Å². The number of amides is 4. The van der Waals surface area contributed by atoms with Crippen LogP contribution in [0.3, 0.4) is 0 Å². The summed E-state index contributed by atoms with van der Waals surface area (Å²) in [7, 11) is 0. The average molecular weight is 443 g/mol. The first-order valence-corrected chi connectivity index (χ1v) is 10.6. The molecule has 10 nitrogen and oxygen atoms in total. The van der Waals surface area contributed by atoms with Crippen molar-refractivity contribution in [2.24, 2.45) is 17.8 Å². The molecule has 0 unspecified atom stereocenters. The lowest BCUT2D eigenvalue weighted by Gasteiger charge is -2.30. The highest BCUT2D eigenvalue weighted by molar-refractivity contribution is 5.95. The Kier molecular flexibility index (Phi) is 11.8. The van der Waals surface area contributed by atoms with Crippen molar-refractivity contribution in [1.29, 1.82) is 0 Å². The molecule has 178 valence electrons. The smallest absolute Gasteiger partial charge is 0.325 e. The largest absolute Gasteiger partial charge is 0.480 e. The lowest BCUT2D eigenvalue weighted by Crippen LogP contribution is -2.60. The monoisotopic (exact) mass is 442 g/mol. The molecule has 0 bridgehead atoms. The molecule has 5 atom stereocenters. The van der Waals surface area contributed by atoms with E-state index in [1.165, 1.54) is 13.8 Å². The van der Waals surface area contributed by atoms with E-state index in [0.29, 0.717) is 6.42 Å². The minimum absolute atomic E-state index is 0.198. The van der Waals surface area contributed by atoms with E-state index >= 15 is 0 Å². The fraction of sp³-hybridized carbons (Fsp3) is 0.762. The Morgan fingerprint density at radius 1 is 0.677 bits per heavy atom. The molecule has 0 heterocycles. The molecule has 0 aromatic rings. The van der Waals surface area contributed by atoms with Gasteiger partial charge < -0.3 is 26.4 Å². The molecule has 0 aromatic carbocycles. The zero-order valence-corrected chi connectivity index (χ0v) is 19.7. The molecule has 10 heteroatoms. The summed E-state index contributed by atoms with van der Waals surface area (Å²) in [4.78, 5) is 60.8. The van der Waals surface area contributed by atoms with Crippen molar-refractivity contribution in [3.05, 3.63) is 0 Å². The van der Waals surface area contributed by atoms with E-state index < -0.39 is 47.9 Å². The van der Waals surface area contributed by atoms with Crippen LogP contribution in [0.15, 0.2) is 0 Å². The van der Waals surface area contributed by atoms with Crippen LogP contribution in [0.4, 0.5) is 0 Å². The van der Waals surface area contributed by atoms with Crippen LogP contribution in [0, 0.1) is 17.8 Å². The number of rotatable bonds is 12. The third-order valence-corrected chi connectivity index (χ3v) is 5.08. The van der Waals surface area contributed by atoms with E-state index in [0.717, 1.165) is 0 Å². The molecular formula is C21H38N4O6. The maximum atomic E-state index is 13.0. The van der Waals surface area contributed by atoms with Gasteiger partial charge in [0.05, 0.1) is 0 Å². The highest BCUT2D eigenvalue weighted by Gasteiger charge is 2.34. The fourth-order valence-electron chi connectivity index (χ4n) is 2.84. The van der Waals surface area contributed by atoms with E-state index in [1.807, 2.05) is 6.92 Å². The second-order valence-corrected chi connectivity index (χ2v) is 8.59. The van der Waals surface area contributed by atoms with Crippen molar-refractivity contribution in [3.63, 3.8) is 0 Å². The first-order valence-electron chi connectivity index (χ1n) is 10.6. The van der Waals surface area contributed by atoms with Gasteiger partial charge in [0.2, 0.25) is 23.6 Å². The Hall–Kier alpha value is -2.65. The molecule has 0 rings (SSSR count). The van der Waals surface area contributed by atoms with Crippen LogP contribution in [0.1, 0.15) is 61.8 Å². The summed E-state index contributed by atoms with van der Waals surface area (Å²) in [6, 6.07) is -3.83. The quantitative estimate of drug-likeness (QED) is 0.295. The normalized spacial score (nSPS) is 15.9. The second kappa shape index (κ2) is 12.9. The van der Waals surface area contributed by atoms with Crippen molar-refractivity contribution in [1.82, 2.24) is 21.3 Å². The number of hydrogen-bond donors (Lipinski definition) is 5. The molecule has 0 saturated heterocycles. The van der Waals surface area contributed by atoms with Gasteiger partial charge in [0.1, 0.15) is 24.2 Å². The van der Waals surface area contributed by atoms with Crippen molar-refractivity contribution in [2.45, 2.75) is 86.0 Å². The average Bonchev–Trinajstić information content (AvgIpc) is 2.66. The van der Waals surface area contributed by atoms with Crippen molar-refractivity contribution < 1.29 is 29.1 Å². The van der Waals surface area contributed by atoms with Gasteiger partial charge in [0.15, 0.2) is 0 Å². The highest BCUT2D eigenvalue weighted by atomic mass is 16.4. The molecule has 0 radical (unpaired) electrons. The van der Waals surface area contributed by atoms with Gasteiger partial charge >= 0.3 is 5.97 Å². The lowest BCUT2D eigenvalue weighted by atomic mass is 9.95. The number of aliphatic carboxylic acids is 1. The predicted octanol–water partition coefficient (Wildman–Crippen LogP) is 0.408. The molecule has 0 fully saturated rings. The molecule has 0 spiro atoms. The van der Waals surface area contributed by atoms with Crippen LogP contribution < -0.4 is 21.3 Å². The van der Waals surface area contributed by atoms with Crippen LogP contribution in [-0.4, -0.2) is 58.9 Å². The summed E-state index contributed by atoms with van der Waals surface area (Å²) < 4.78 is 0. The van der Waals surface area contributed by atoms with E-state index in [1.54, 1.807) is 34.6 Å². The van der Waals surface area contributed by atoms with Crippen molar-refractivity contribution >= 4 is 29.6 Å². The molecule has 5 N–H and O–H groups in total. The van der Waals surface area contributed by atoms with E-state index in [9.17, 15) is 24.0 Å². The van der Waals surface area contributed by atoms with E-state index in [2.05, 4.69) is 21.3 Å². The summed E-state index contributed by atoms with van der Waals surface area (Å²) in [6.45, 7) is 13.3. The molecular weight excluding hydrogens is 404 g/mol. The molecule has 0 aromatic heterocycles. The SMILES string of the molecule is CC[C@H](C)[C@H](NC(=O)[C@@H](NC(=O)[C@@H](NC(C)=O)C(C)C)C(C)C)C(=O)N[C@@H](C)C(=O)O. The number of carbonyl (C=O) groups is 5. The summed E-state index contributed by atoms with van der Waals surface area (Å²) in [5.74, 6) is -3.97. The molecule has 0 saturated carbocycles. The van der Waals surface area contributed by atoms with Gasteiger partial charge in [-0.05, 0) is 24.7 Å². The van der Waals surface area contributed by atoms with Gasteiger partial charge in [-0.25, -0.2) is 0 Å². The van der Waals surface area contributed by atoms with Crippen LogP contribution in [0.2, 0.25) is 0 Å². The molecule has 31 heavy (non-hydrogen) atoms. The van der Waals surface area contributed by atoms with Crippen LogP contribution >= 0.6 is 0 Å². The van der Waals surface area contributed by atoms with Crippen LogP contribution in [0.5, 0.6) is 0 Å². The minimum Gasteiger partial charge on any atom is -0.480 e. The number of carboxylic acids is 1.